The molecule has 1 aromatic carbocycles. The van der Waals surface area contributed by atoms with Gasteiger partial charge in [-0.1, -0.05) is 29.1 Å². The van der Waals surface area contributed by atoms with Gasteiger partial charge in [0.2, 0.25) is 0 Å². The first-order chi connectivity index (χ1) is 12.7. The van der Waals surface area contributed by atoms with Gasteiger partial charge in [0.1, 0.15) is 6.10 Å². The van der Waals surface area contributed by atoms with Crippen LogP contribution in [0.2, 0.25) is 0 Å². The second-order valence-electron chi connectivity index (χ2n) is 6.47. The van der Waals surface area contributed by atoms with Gasteiger partial charge in [-0.3, -0.25) is 10.0 Å². The van der Waals surface area contributed by atoms with Crippen molar-refractivity contribution in [1.82, 2.24) is 5.48 Å². The molecule has 0 aromatic heterocycles. The van der Waals surface area contributed by atoms with Crippen LogP contribution in [0.3, 0.4) is 0 Å². The zero-order chi connectivity index (χ0) is 20.1. The van der Waals surface area contributed by atoms with Crippen LogP contribution in [0.5, 0.6) is 0 Å². The van der Waals surface area contributed by atoms with E-state index in [1.807, 2.05) is 24.3 Å². The maximum absolute atomic E-state index is 12.0. The summed E-state index contributed by atoms with van der Waals surface area (Å²) in [6.45, 7) is 1.26. The minimum Gasteiger partial charge on any atom is -0.395 e. The van der Waals surface area contributed by atoms with Gasteiger partial charge in [0, 0.05) is 31.1 Å². The maximum Gasteiger partial charge on any atom is 0.264 e. The SMILES string of the molecule is CC(CC1CC(c2ccc(C#CCCO)cc2)=NO1)(C(=O)NO)S(C)(=O)=O. The first-order valence-corrected chi connectivity index (χ1v) is 10.2. The molecule has 0 spiro atoms. The molecule has 0 radical (unpaired) electrons. The van der Waals surface area contributed by atoms with Crippen LogP contribution < -0.4 is 5.48 Å². The molecule has 9 heteroatoms. The minimum absolute atomic E-state index is 0.0152. The van der Waals surface area contributed by atoms with E-state index in [1.54, 1.807) is 0 Å². The van der Waals surface area contributed by atoms with Crippen molar-refractivity contribution >= 4 is 21.5 Å². The summed E-state index contributed by atoms with van der Waals surface area (Å²) >= 11 is 0. The summed E-state index contributed by atoms with van der Waals surface area (Å²) in [5.74, 6) is 4.75. The first-order valence-electron chi connectivity index (χ1n) is 8.28. The van der Waals surface area contributed by atoms with Crippen LogP contribution in [0.15, 0.2) is 29.4 Å². The highest BCUT2D eigenvalue weighted by molar-refractivity contribution is 7.92. The van der Waals surface area contributed by atoms with E-state index < -0.39 is 26.6 Å². The van der Waals surface area contributed by atoms with Gasteiger partial charge in [0.25, 0.3) is 5.91 Å². The summed E-state index contributed by atoms with van der Waals surface area (Å²) in [7, 11) is -3.80. The minimum atomic E-state index is -3.80. The van der Waals surface area contributed by atoms with E-state index in [9.17, 15) is 13.2 Å². The number of benzene rings is 1. The first kappa shape index (κ1) is 20.9. The van der Waals surface area contributed by atoms with Crippen LogP contribution in [0.25, 0.3) is 0 Å². The van der Waals surface area contributed by atoms with Crippen molar-refractivity contribution in [2.24, 2.45) is 5.16 Å². The number of nitrogens with one attached hydrogen (secondary N) is 1. The van der Waals surface area contributed by atoms with Gasteiger partial charge in [-0.2, -0.15) is 0 Å². The molecule has 1 aliphatic heterocycles. The van der Waals surface area contributed by atoms with Gasteiger partial charge in [-0.15, -0.1) is 0 Å². The highest BCUT2D eigenvalue weighted by Crippen LogP contribution is 2.29. The third-order valence-electron chi connectivity index (χ3n) is 4.44. The number of aliphatic hydroxyl groups is 1. The summed E-state index contributed by atoms with van der Waals surface area (Å²) in [4.78, 5) is 17.2. The monoisotopic (exact) mass is 394 g/mol. The predicted octanol–water partition coefficient (Wildman–Crippen LogP) is 0.612. The normalized spacial score (nSPS) is 18.5. The molecule has 0 aliphatic carbocycles. The predicted molar refractivity (Wildman–Crippen MR) is 98.8 cm³/mol. The lowest BCUT2D eigenvalue weighted by Crippen LogP contribution is -2.51. The molecule has 146 valence electrons. The lowest BCUT2D eigenvalue weighted by molar-refractivity contribution is -0.132. The molecule has 1 aromatic rings. The van der Waals surface area contributed by atoms with Crippen LogP contribution in [0.4, 0.5) is 0 Å². The Kier molecular flexibility index (Phi) is 6.59. The van der Waals surface area contributed by atoms with Gasteiger partial charge >= 0.3 is 0 Å². The molecule has 2 atom stereocenters. The number of aliphatic hydroxyl groups excluding tert-OH is 1. The van der Waals surface area contributed by atoms with Crippen molar-refractivity contribution < 1.29 is 28.4 Å². The average molecular weight is 394 g/mol. The summed E-state index contributed by atoms with van der Waals surface area (Å²) in [6, 6.07) is 7.28. The van der Waals surface area contributed by atoms with Crippen LogP contribution in [-0.4, -0.2) is 54.1 Å². The number of sulfone groups is 1. The molecule has 1 aliphatic rings. The second-order valence-corrected chi connectivity index (χ2v) is 8.92. The molecule has 8 nitrogen and oxygen atoms in total. The fourth-order valence-corrected chi connectivity index (χ4v) is 3.51. The highest BCUT2D eigenvalue weighted by Gasteiger charge is 2.47. The van der Waals surface area contributed by atoms with E-state index in [1.165, 1.54) is 12.4 Å². The van der Waals surface area contributed by atoms with Gasteiger partial charge in [-0.25, -0.2) is 13.9 Å². The standard InChI is InChI=1S/C18H22N2O6S/c1-18(17(22)19-23,27(2,24)25)12-15-11-16(20-26-15)14-8-6-13(7-9-14)5-3-4-10-21/h6-9,15,21,23H,4,10-12H2,1-2H3,(H,19,22). The molecule has 0 saturated heterocycles. The van der Waals surface area contributed by atoms with Gasteiger partial charge in [0.15, 0.2) is 14.6 Å². The van der Waals surface area contributed by atoms with Gasteiger partial charge < -0.3 is 9.94 Å². The number of hydroxylamine groups is 1. The lowest BCUT2D eigenvalue weighted by atomic mass is 9.96. The van der Waals surface area contributed by atoms with Crippen molar-refractivity contribution in [2.45, 2.75) is 37.0 Å². The van der Waals surface area contributed by atoms with Crippen LogP contribution in [0, 0.1) is 11.8 Å². The van der Waals surface area contributed by atoms with Gasteiger partial charge in [-0.05, 0) is 24.6 Å². The Labute approximate surface area is 158 Å². The molecule has 0 bridgehead atoms. The number of carbonyl (C=O) groups is 1. The number of hydrogen-bond acceptors (Lipinski definition) is 7. The van der Waals surface area contributed by atoms with Crippen molar-refractivity contribution in [3.8, 4) is 11.8 Å². The van der Waals surface area contributed by atoms with E-state index >= 15 is 0 Å². The van der Waals surface area contributed by atoms with E-state index in [0.717, 1.165) is 17.4 Å². The largest absolute Gasteiger partial charge is 0.395 e. The number of nitrogens with zero attached hydrogens (tertiary/aromatic N) is 1. The van der Waals surface area contributed by atoms with Crippen molar-refractivity contribution in [2.75, 3.05) is 12.9 Å². The molecule has 0 fully saturated rings. The van der Waals surface area contributed by atoms with Crippen molar-refractivity contribution in [3.63, 3.8) is 0 Å². The molecule has 2 rings (SSSR count). The molecular formula is C18H22N2O6S. The van der Waals surface area contributed by atoms with Crippen molar-refractivity contribution in [1.29, 1.82) is 0 Å². The zero-order valence-corrected chi connectivity index (χ0v) is 15.9. The van der Waals surface area contributed by atoms with Gasteiger partial charge in [0.05, 0.1) is 12.3 Å². The third kappa shape index (κ3) is 4.86. The number of hydrogen-bond donors (Lipinski definition) is 3. The number of rotatable bonds is 6. The summed E-state index contributed by atoms with van der Waals surface area (Å²) < 4.78 is 22.3. The Morgan fingerprint density at radius 1 is 1.41 bits per heavy atom. The second kappa shape index (κ2) is 8.52. The number of amides is 1. The van der Waals surface area contributed by atoms with E-state index in [-0.39, 0.29) is 13.0 Å². The quantitative estimate of drug-likeness (QED) is 0.369. The molecule has 1 heterocycles. The summed E-state index contributed by atoms with van der Waals surface area (Å²) in [5, 5.41) is 21.6. The maximum atomic E-state index is 12.0. The molecule has 2 unspecified atom stereocenters. The van der Waals surface area contributed by atoms with E-state index in [2.05, 4.69) is 17.0 Å². The molecular weight excluding hydrogens is 372 g/mol. The van der Waals surface area contributed by atoms with Crippen molar-refractivity contribution in [3.05, 3.63) is 35.4 Å². The Bertz CT molecular complexity index is 883. The average Bonchev–Trinajstić information content (AvgIpc) is 3.09. The Morgan fingerprint density at radius 2 is 2.07 bits per heavy atom. The Hall–Kier alpha value is -2.41. The Morgan fingerprint density at radius 3 is 2.63 bits per heavy atom. The zero-order valence-electron chi connectivity index (χ0n) is 15.1. The summed E-state index contributed by atoms with van der Waals surface area (Å²) in [5.41, 5.74) is 3.65. The lowest BCUT2D eigenvalue weighted by Gasteiger charge is -2.26. The molecule has 1 amide bonds. The summed E-state index contributed by atoms with van der Waals surface area (Å²) in [6.07, 6.45) is 0.927. The topological polar surface area (TPSA) is 125 Å². The smallest absolute Gasteiger partial charge is 0.264 e. The Balaban J connectivity index is 2.08. The number of carbonyl (C=O) groups excluding carboxylic acids is 1. The fourth-order valence-electron chi connectivity index (χ4n) is 2.64. The van der Waals surface area contributed by atoms with Crippen LogP contribution >= 0.6 is 0 Å². The fraction of sp³-hybridized carbons (Fsp3) is 0.444. The molecule has 27 heavy (non-hydrogen) atoms. The third-order valence-corrected chi connectivity index (χ3v) is 6.43. The number of oxime groups is 1. The molecule has 3 N–H and O–H groups in total. The van der Waals surface area contributed by atoms with E-state index in [4.69, 9.17) is 15.2 Å². The molecule has 0 saturated carbocycles. The van der Waals surface area contributed by atoms with E-state index in [0.29, 0.717) is 18.6 Å². The van der Waals surface area contributed by atoms with Crippen LogP contribution in [-0.2, 0) is 19.5 Å². The van der Waals surface area contributed by atoms with Crippen LogP contribution in [0.1, 0.15) is 37.3 Å². The highest BCUT2D eigenvalue weighted by atomic mass is 32.2.